The number of anilines is 1. The normalized spacial score (nSPS) is 15.6. The third-order valence-electron chi connectivity index (χ3n) is 8.71. The number of phenolic OH excluding ortho intramolecular Hbond substituents is 1. The number of nitrogens with zero attached hydrogens (tertiary/aromatic N) is 1. The molecule has 4 amide bonds. The molecule has 3 heterocycles. The van der Waals surface area contributed by atoms with Gasteiger partial charge in [0.15, 0.2) is 5.75 Å². The summed E-state index contributed by atoms with van der Waals surface area (Å²) in [7, 11) is 0. The van der Waals surface area contributed by atoms with E-state index in [-0.39, 0.29) is 29.7 Å². The van der Waals surface area contributed by atoms with Crippen LogP contribution in [0.3, 0.4) is 0 Å². The number of imide groups is 2. The topological polar surface area (TPSA) is 144 Å². The molecule has 0 saturated carbocycles. The quantitative estimate of drug-likeness (QED) is 0.0770. The molecule has 13 heteroatoms. The largest absolute Gasteiger partial charge is 0.508 e. The summed E-state index contributed by atoms with van der Waals surface area (Å²) in [6.07, 6.45) is 1.63. The highest BCUT2D eigenvalue weighted by atomic mass is 79.9. The maximum absolute atomic E-state index is 13.0. The summed E-state index contributed by atoms with van der Waals surface area (Å²) in [6, 6.07) is 24.8. The average molecular weight is 785 g/mol. The minimum Gasteiger partial charge on any atom is -0.508 e. The van der Waals surface area contributed by atoms with Crippen LogP contribution in [0.1, 0.15) is 46.4 Å². The predicted molar refractivity (Wildman–Crippen MR) is 200 cm³/mol. The monoisotopic (exact) mass is 783 g/mol. The summed E-state index contributed by atoms with van der Waals surface area (Å²) in [5, 5.41) is 16.4. The molecule has 1 saturated heterocycles. The molecule has 0 bridgehead atoms. The third kappa shape index (κ3) is 7.66. The molecule has 1 atom stereocenters. The first-order chi connectivity index (χ1) is 25.2. The zero-order chi connectivity index (χ0) is 36.2. The van der Waals surface area contributed by atoms with Gasteiger partial charge in [0.05, 0.1) is 22.6 Å². The average Bonchev–Trinajstić information content (AvgIpc) is 3.61. The standard InChI is InChI=1S/C39H34BrN3O8S/c40-24-5-3-23(4-6-24)36-35(30-14-8-26(44)22-33(30)52-36)51-28-11-9-27(10-12-28)50-20-2-19-49-18-1-17-41-25-7-13-29-31(21-25)39(48)43(38(29)47)32-15-16-34(45)42-37(32)46/h3-14,21-22,32,41,44H,1-2,15-20H2,(H,42,45,46). The summed E-state index contributed by atoms with van der Waals surface area (Å²) in [6.45, 7) is 2.15. The number of aromatic hydroxyl groups is 1. The minimum absolute atomic E-state index is 0.0778. The van der Waals surface area contributed by atoms with Crippen LogP contribution in [0.2, 0.25) is 0 Å². The number of piperidine rings is 1. The van der Waals surface area contributed by atoms with E-state index in [4.69, 9.17) is 14.2 Å². The molecular weight excluding hydrogens is 750 g/mol. The zero-order valence-corrected chi connectivity index (χ0v) is 30.3. The van der Waals surface area contributed by atoms with Crippen molar-refractivity contribution in [1.29, 1.82) is 0 Å². The Kier molecular flexibility index (Phi) is 10.5. The van der Waals surface area contributed by atoms with Gasteiger partial charge >= 0.3 is 0 Å². The van der Waals surface area contributed by atoms with Crippen LogP contribution < -0.4 is 20.1 Å². The highest BCUT2D eigenvalue weighted by Crippen LogP contribution is 2.47. The SMILES string of the molecule is O=C1CCC(N2C(=O)c3ccc(NCCCOCCCOc4ccc(Oc5c(-c6ccc(Br)cc6)sc6cc(O)ccc56)cc4)cc3C2=O)C(=O)N1. The first kappa shape index (κ1) is 35.2. The lowest BCUT2D eigenvalue weighted by atomic mass is 10.0. The fraction of sp³-hybridized carbons (Fsp3) is 0.231. The van der Waals surface area contributed by atoms with E-state index in [0.717, 1.165) is 47.8 Å². The Hall–Kier alpha value is -5.24. The summed E-state index contributed by atoms with van der Waals surface area (Å²) in [5.41, 5.74) is 2.19. The minimum atomic E-state index is -0.988. The van der Waals surface area contributed by atoms with Crippen LogP contribution in [-0.4, -0.2) is 66.0 Å². The Morgan fingerprint density at radius 2 is 1.60 bits per heavy atom. The van der Waals surface area contributed by atoms with Gasteiger partial charge in [-0.2, -0.15) is 0 Å². The number of rotatable bonds is 14. The first-order valence-corrected chi connectivity index (χ1v) is 18.5. The molecule has 2 aliphatic rings. The van der Waals surface area contributed by atoms with E-state index in [1.807, 2.05) is 54.6 Å². The zero-order valence-electron chi connectivity index (χ0n) is 27.9. The van der Waals surface area contributed by atoms with Crippen molar-refractivity contribution < 1.29 is 38.5 Å². The number of nitrogens with one attached hydrogen (secondary N) is 2. The van der Waals surface area contributed by atoms with Crippen LogP contribution in [0, 0.1) is 0 Å². The van der Waals surface area contributed by atoms with Gasteiger partial charge in [0, 0.05) is 52.8 Å². The summed E-state index contributed by atoms with van der Waals surface area (Å²) < 4.78 is 20.0. The smallest absolute Gasteiger partial charge is 0.262 e. The van der Waals surface area contributed by atoms with Crippen LogP contribution in [-0.2, 0) is 14.3 Å². The molecule has 7 rings (SSSR count). The van der Waals surface area contributed by atoms with E-state index in [0.29, 0.717) is 44.2 Å². The van der Waals surface area contributed by atoms with E-state index in [9.17, 15) is 24.3 Å². The number of hydrogen-bond acceptors (Lipinski definition) is 10. The predicted octanol–water partition coefficient (Wildman–Crippen LogP) is 7.52. The molecule has 0 radical (unpaired) electrons. The number of benzene rings is 4. The van der Waals surface area contributed by atoms with E-state index >= 15 is 0 Å². The van der Waals surface area contributed by atoms with Crippen molar-refractivity contribution in [3.8, 4) is 33.4 Å². The maximum Gasteiger partial charge on any atom is 0.262 e. The van der Waals surface area contributed by atoms with Gasteiger partial charge < -0.3 is 24.6 Å². The summed E-state index contributed by atoms with van der Waals surface area (Å²) >= 11 is 5.06. The van der Waals surface area contributed by atoms with Gasteiger partial charge in [-0.25, -0.2) is 0 Å². The molecule has 1 aromatic heterocycles. The van der Waals surface area contributed by atoms with Crippen molar-refractivity contribution >= 4 is 66.7 Å². The molecule has 11 nitrogen and oxygen atoms in total. The van der Waals surface area contributed by atoms with Crippen LogP contribution in [0.15, 0.2) is 89.4 Å². The van der Waals surface area contributed by atoms with Crippen LogP contribution in [0.25, 0.3) is 20.5 Å². The number of halogens is 1. The number of ether oxygens (including phenoxy) is 3. The Morgan fingerprint density at radius 3 is 2.38 bits per heavy atom. The van der Waals surface area contributed by atoms with Gasteiger partial charge in [0.2, 0.25) is 11.8 Å². The van der Waals surface area contributed by atoms with Crippen molar-refractivity contribution in [1.82, 2.24) is 10.2 Å². The van der Waals surface area contributed by atoms with E-state index < -0.39 is 29.7 Å². The van der Waals surface area contributed by atoms with Crippen LogP contribution >= 0.6 is 27.3 Å². The van der Waals surface area contributed by atoms with E-state index in [1.54, 1.807) is 41.7 Å². The highest BCUT2D eigenvalue weighted by Gasteiger charge is 2.44. The molecule has 0 aliphatic carbocycles. The van der Waals surface area contributed by atoms with Crippen molar-refractivity contribution in [3.63, 3.8) is 0 Å². The fourth-order valence-electron chi connectivity index (χ4n) is 6.12. The van der Waals surface area contributed by atoms with Gasteiger partial charge in [-0.3, -0.25) is 29.4 Å². The van der Waals surface area contributed by atoms with E-state index in [1.165, 1.54) is 0 Å². The lowest BCUT2D eigenvalue weighted by molar-refractivity contribution is -0.136. The second kappa shape index (κ2) is 15.6. The Labute approximate surface area is 311 Å². The highest BCUT2D eigenvalue weighted by molar-refractivity contribution is 9.10. The van der Waals surface area contributed by atoms with E-state index in [2.05, 4.69) is 26.6 Å². The lowest BCUT2D eigenvalue weighted by Crippen LogP contribution is -2.54. The third-order valence-corrected chi connectivity index (χ3v) is 10.4. The molecule has 1 fully saturated rings. The number of hydrogen-bond donors (Lipinski definition) is 3. The number of fused-ring (bicyclic) bond motifs is 2. The van der Waals surface area contributed by atoms with Gasteiger partial charge in [0.1, 0.15) is 23.3 Å². The molecule has 3 N–H and O–H groups in total. The molecular formula is C39H34BrN3O8S. The summed E-state index contributed by atoms with van der Waals surface area (Å²) in [4.78, 5) is 51.6. The number of carbonyl (C=O) groups is 4. The second-order valence-electron chi connectivity index (χ2n) is 12.3. The fourth-order valence-corrected chi connectivity index (χ4v) is 7.55. The Bertz CT molecular complexity index is 2150. The van der Waals surface area contributed by atoms with Gasteiger partial charge in [-0.15, -0.1) is 11.3 Å². The second-order valence-corrected chi connectivity index (χ2v) is 14.3. The van der Waals surface area contributed by atoms with Gasteiger partial charge in [-0.05, 0) is 91.2 Å². The van der Waals surface area contributed by atoms with Gasteiger partial charge in [-0.1, -0.05) is 28.1 Å². The number of phenols is 1. The molecule has 5 aromatic rings. The van der Waals surface area contributed by atoms with Gasteiger partial charge in [0.25, 0.3) is 11.8 Å². The maximum atomic E-state index is 13.0. The number of carbonyl (C=O) groups excluding carboxylic acids is 4. The first-order valence-electron chi connectivity index (χ1n) is 16.8. The Balaban J connectivity index is 0.827. The number of amides is 4. The lowest BCUT2D eigenvalue weighted by Gasteiger charge is -2.27. The van der Waals surface area contributed by atoms with Crippen LogP contribution in [0.5, 0.6) is 23.0 Å². The number of thiophene rings is 1. The Morgan fingerprint density at radius 1 is 0.846 bits per heavy atom. The molecule has 2 aliphatic heterocycles. The van der Waals surface area contributed by atoms with Crippen LogP contribution in [0.4, 0.5) is 5.69 Å². The van der Waals surface area contributed by atoms with Crippen molar-refractivity contribution in [3.05, 3.63) is 101 Å². The molecule has 266 valence electrons. The molecule has 52 heavy (non-hydrogen) atoms. The van der Waals surface area contributed by atoms with Crippen molar-refractivity contribution in [2.45, 2.75) is 31.7 Å². The summed E-state index contributed by atoms with van der Waals surface area (Å²) in [5.74, 6) is 0.243. The molecule has 4 aromatic carbocycles. The van der Waals surface area contributed by atoms with Crippen molar-refractivity contribution in [2.75, 3.05) is 31.7 Å². The van der Waals surface area contributed by atoms with Crippen molar-refractivity contribution in [2.24, 2.45) is 0 Å². The molecule has 0 spiro atoms. The molecule has 1 unspecified atom stereocenters.